The number of carbonyl (C=O) groups is 3. The Morgan fingerprint density at radius 1 is 1.08 bits per heavy atom. The molecule has 1 heterocycles. The molecule has 1 aromatic heterocycles. The SMILES string of the molecule is CCOC(=O)C(NC(=O)c1ccc2[nH]c(C)c(C)c2c1)C(=O)OCC. The summed E-state index contributed by atoms with van der Waals surface area (Å²) in [5.41, 5.74) is 3.31. The Labute approximate surface area is 145 Å². The van der Waals surface area contributed by atoms with Crippen molar-refractivity contribution in [1.29, 1.82) is 0 Å². The molecule has 0 aliphatic carbocycles. The van der Waals surface area contributed by atoms with Crippen molar-refractivity contribution in [2.45, 2.75) is 33.7 Å². The van der Waals surface area contributed by atoms with E-state index in [1.165, 1.54) is 0 Å². The van der Waals surface area contributed by atoms with Crippen molar-refractivity contribution in [3.05, 3.63) is 35.0 Å². The Hall–Kier alpha value is -2.83. The number of aryl methyl sites for hydroxylation is 2. The molecule has 2 aromatic rings. The van der Waals surface area contributed by atoms with Crippen LogP contribution in [0.5, 0.6) is 0 Å². The molecular formula is C18H22N2O5. The molecule has 0 atom stereocenters. The molecule has 0 unspecified atom stereocenters. The van der Waals surface area contributed by atoms with Crippen LogP contribution >= 0.6 is 0 Å². The molecule has 7 heteroatoms. The number of aromatic amines is 1. The molecule has 0 aliphatic heterocycles. The lowest BCUT2D eigenvalue weighted by atomic mass is 10.1. The van der Waals surface area contributed by atoms with Crippen LogP contribution in [-0.4, -0.2) is 42.1 Å². The third-order valence-electron chi connectivity index (χ3n) is 3.89. The summed E-state index contributed by atoms with van der Waals surface area (Å²) in [6.45, 7) is 7.33. The molecular weight excluding hydrogens is 324 g/mol. The molecule has 0 spiro atoms. The van der Waals surface area contributed by atoms with E-state index in [1.54, 1.807) is 32.0 Å². The monoisotopic (exact) mass is 346 g/mol. The number of H-pyrrole nitrogens is 1. The standard InChI is InChI=1S/C18H22N2O5/c1-5-24-17(22)15(18(23)25-6-2)20-16(21)12-7-8-14-13(9-12)10(3)11(4)19-14/h7-9,15,19H,5-6H2,1-4H3,(H,20,21). The van der Waals surface area contributed by atoms with Gasteiger partial charge in [0.2, 0.25) is 6.04 Å². The highest BCUT2D eigenvalue weighted by molar-refractivity contribution is 6.06. The van der Waals surface area contributed by atoms with Gasteiger partial charge in [-0.15, -0.1) is 0 Å². The fraction of sp³-hybridized carbons (Fsp3) is 0.389. The maximum absolute atomic E-state index is 12.5. The van der Waals surface area contributed by atoms with E-state index in [1.807, 2.05) is 13.8 Å². The van der Waals surface area contributed by atoms with Gasteiger partial charge in [0.15, 0.2) is 0 Å². The number of fused-ring (bicyclic) bond motifs is 1. The summed E-state index contributed by atoms with van der Waals surface area (Å²) in [5.74, 6) is -2.24. The Bertz CT molecular complexity index is 791. The molecule has 7 nitrogen and oxygen atoms in total. The molecule has 0 saturated heterocycles. The third-order valence-corrected chi connectivity index (χ3v) is 3.89. The van der Waals surface area contributed by atoms with Gasteiger partial charge in [0.25, 0.3) is 5.91 Å². The van der Waals surface area contributed by atoms with E-state index in [0.29, 0.717) is 5.56 Å². The average Bonchev–Trinajstić information content (AvgIpc) is 2.86. The number of benzene rings is 1. The summed E-state index contributed by atoms with van der Waals surface area (Å²) in [7, 11) is 0. The van der Waals surface area contributed by atoms with Crippen molar-refractivity contribution < 1.29 is 23.9 Å². The van der Waals surface area contributed by atoms with Crippen molar-refractivity contribution in [3.63, 3.8) is 0 Å². The van der Waals surface area contributed by atoms with Crippen LogP contribution in [0.25, 0.3) is 10.9 Å². The van der Waals surface area contributed by atoms with E-state index >= 15 is 0 Å². The quantitative estimate of drug-likeness (QED) is 0.616. The van der Waals surface area contributed by atoms with Crippen LogP contribution < -0.4 is 5.32 Å². The Morgan fingerprint density at radius 3 is 2.24 bits per heavy atom. The topological polar surface area (TPSA) is 97.5 Å². The Kier molecular flexibility index (Phi) is 5.80. The van der Waals surface area contributed by atoms with E-state index in [-0.39, 0.29) is 13.2 Å². The van der Waals surface area contributed by atoms with Gasteiger partial charge in [-0.05, 0) is 51.5 Å². The van der Waals surface area contributed by atoms with Crippen LogP contribution in [-0.2, 0) is 19.1 Å². The van der Waals surface area contributed by atoms with Gasteiger partial charge in [0.05, 0.1) is 13.2 Å². The largest absolute Gasteiger partial charge is 0.464 e. The van der Waals surface area contributed by atoms with Crippen molar-refractivity contribution in [2.75, 3.05) is 13.2 Å². The number of hydrogen-bond donors (Lipinski definition) is 2. The number of esters is 2. The van der Waals surface area contributed by atoms with Gasteiger partial charge in [0, 0.05) is 22.2 Å². The number of aromatic nitrogens is 1. The molecule has 2 rings (SSSR count). The summed E-state index contributed by atoms with van der Waals surface area (Å²) >= 11 is 0. The lowest BCUT2D eigenvalue weighted by Crippen LogP contribution is -2.48. The predicted octanol–water partition coefficient (Wildman–Crippen LogP) is 2.01. The zero-order valence-electron chi connectivity index (χ0n) is 14.8. The molecule has 2 N–H and O–H groups in total. The van der Waals surface area contributed by atoms with Crippen LogP contribution in [0.2, 0.25) is 0 Å². The first-order valence-corrected chi connectivity index (χ1v) is 8.12. The lowest BCUT2D eigenvalue weighted by Gasteiger charge is -2.16. The van der Waals surface area contributed by atoms with Crippen LogP contribution in [0.4, 0.5) is 0 Å². The second-order valence-electron chi connectivity index (χ2n) is 5.55. The zero-order valence-corrected chi connectivity index (χ0v) is 14.8. The highest BCUT2D eigenvalue weighted by Gasteiger charge is 2.31. The van der Waals surface area contributed by atoms with Gasteiger partial charge in [-0.2, -0.15) is 0 Å². The maximum Gasteiger partial charge on any atom is 0.340 e. The van der Waals surface area contributed by atoms with Crippen LogP contribution in [0, 0.1) is 13.8 Å². The summed E-state index contributed by atoms with van der Waals surface area (Å²) in [6.07, 6.45) is 0. The number of carbonyl (C=O) groups excluding carboxylic acids is 3. The number of amides is 1. The minimum atomic E-state index is -1.49. The first kappa shape index (κ1) is 18.5. The van der Waals surface area contributed by atoms with Gasteiger partial charge in [0.1, 0.15) is 0 Å². The summed E-state index contributed by atoms with van der Waals surface area (Å²) < 4.78 is 9.68. The van der Waals surface area contributed by atoms with Crippen LogP contribution in [0.15, 0.2) is 18.2 Å². The van der Waals surface area contributed by atoms with Crippen LogP contribution in [0.3, 0.4) is 0 Å². The fourth-order valence-corrected chi connectivity index (χ4v) is 2.48. The molecule has 134 valence electrons. The second kappa shape index (κ2) is 7.83. The molecule has 1 amide bonds. The van der Waals surface area contributed by atoms with Crippen molar-refractivity contribution in [2.24, 2.45) is 0 Å². The van der Waals surface area contributed by atoms with E-state index in [4.69, 9.17) is 9.47 Å². The third kappa shape index (κ3) is 3.99. The second-order valence-corrected chi connectivity index (χ2v) is 5.55. The van der Waals surface area contributed by atoms with E-state index < -0.39 is 23.9 Å². The predicted molar refractivity (Wildman–Crippen MR) is 92.3 cm³/mol. The first-order valence-electron chi connectivity index (χ1n) is 8.12. The highest BCUT2D eigenvalue weighted by Crippen LogP contribution is 2.22. The highest BCUT2D eigenvalue weighted by atomic mass is 16.6. The smallest absolute Gasteiger partial charge is 0.340 e. The zero-order chi connectivity index (χ0) is 18.6. The average molecular weight is 346 g/mol. The normalized spacial score (nSPS) is 10.8. The fourth-order valence-electron chi connectivity index (χ4n) is 2.48. The van der Waals surface area contributed by atoms with Crippen LogP contribution in [0.1, 0.15) is 35.5 Å². The molecule has 0 fully saturated rings. The van der Waals surface area contributed by atoms with Crippen molar-refractivity contribution in [1.82, 2.24) is 10.3 Å². The molecule has 0 radical (unpaired) electrons. The van der Waals surface area contributed by atoms with Gasteiger partial charge in [-0.1, -0.05) is 0 Å². The molecule has 0 bridgehead atoms. The van der Waals surface area contributed by atoms with Gasteiger partial charge in [-0.25, -0.2) is 9.59 Å². The van der Waals surface area contributed by atoms with Crippen molar-refractivity contribution in [3.8, 4) is 0 Å². The number of rotatable bonds is 6. The Balaban J connectivity index is 2.26. The summed E-state index contributed by atoms with van der Waals surface area (Å²) in [4.78, 5) is 39.6. The summed E-state index contributed by atoms with van der Waals surface area (Å²) in [6, 6.07) is 3.64. The summed E-state index contributed by atoms with van der Waals surface area (Å²) in [5, 5.41) is 3.31. The Morgan fingerprint density at radius 2 is 1.68 bits per heavy atom. The first-order chi connectivity index (χ1) is 11.9. The van der Waals surface area contributed by atoms with Gasteiger partial charge in [-0.3, -0.25) is 4.79 Å². The van der Waals surface area contributed by atoms with E-state index in [9.17, 15) is 14.4 Å². The van der Waals surface area contributed by atoms with E-state index in [2.05, 4.69) is 10.3 Å². The maximum atomic E-state index is 12.5. The number of ether oxygens (including phenoxy) is 2. The lowest BCUT2D eigenvalue weighted by molar-refractivity contribution is -0.157. The van der Waals surface area contributed by atoms with E-state index in [0.717, 1.165) is 22.2 Å². The van der Waals surface area contributed by atoms with Crippen molar-refractivity contribution >= 4 is 28.7 Å². The molecule has 1 aromatic carbocycles. The number of hydrogen-bond acceptors (Lipinski definition) is 5. The molecule has 25 heavy (non-hydrogen) atoms. The molecule has 0 aliphatic rings. The molecule has 0 saturated carbocycles. The minimum absolute atomic E-state index is 0.0956. The van der Waals surface area contributed by atoms with Gasteiger partial charge < -0.3 is 19.8 Å². The van der Waals surface area contributed by atoms with Gasteiger partial charge >= 0.3 is 11.9 Å². The number of nitrogens with one attached hydrogen (secondary N) is 2. The minimum Gasteiger partial charge on any atom is -0.464 e.